The summed E-state index contributed by atoms with van der Waals surface area (Å²) in [5.74, 6) is -1.10. The number of amides is 1. The minimum Gasteiger partial charge on any atom is -0.481 e. The fraction of sp³-hybridized carbons (Fsp3) is 0.579. The molecule has 2 N–H and O–H groups in total. The van der Waals surface area contributed by atoms with Crippen LogP contribution in [0.4, 0.5) is 0 Å². The van der Waals surface area contributed by atoms with Crippen molar-refractivity contribution in [1.82, 2.24) is 20.1 Å². The van der Waals surface area contributed by atoms with Gasteiger partial charge < -0.3 is 10.4 Å². The second-order valence-corrected chi connectivity index (χ2v) is 8.09. The molecule has 0 spiro atoms. The Morgan fingerprint density at radius 3 is 2.38 bits per heavy atom. The maximum absolute atomic E-state index is 12.9. The van der Waals surface area contributed by atoms with Crippen LogP contribution in [0.2, 0.25) is 0 Å². The number of carbonyl (C=O) groups excluding carboxylic acids is 1. The molecule has 0 aromatic carbocycles. The number of nitrogens with one attached hydrogen (secondary N) is 1. The van der Waals surface area contributed by atoms with E-state index in [4.69, 9.17) is 10.1 Å². The Bertz CT molecular complexity index is 847. The maximum atomic E-state index is 12.9. The molecule has 142 valence electrons. The molecule has 0 aliphatic rings. The summed E-state index contributed by atoms with van der Waals surface area (Å²) >= 11 is 0. The Labute approximate surface area is 153 Å². The second kappa shape index (κ2) is 7.05. The summed E-state index contributed by atoms with van der Waals surface area (Å²) < 4.78 is 1.85. The molecule has 0 saturated heterocycles. The molecule has 0 saturated carbocycles. The monoisotopic (exact) mass is 360 g/mol. The molecule has 0 radical (unpaired) electrons. The van der Waals surface area contributed by atoms with Crippen molar-refractivity contribution in [3.8, 4) is 0 Å². The number of aromatic nitrogens is 3. The zero-order valence-electron chi connectivity index (χ0n) is 16.5. The lowest BCUT2D eigenvalue weighted by Crippen LogP contribution is -2.34. The largest absolute Gasteiger partial charge is 0.481 e. The zero-order chi connectivity index (χ0) is 19.8. The number of nitrogens with zero attached hydrogens (tertiary/aromatic N) is 3. The van der Waals surface area contributed by atoms with Crippen molar-refractivity contribution in [2.45, 2.75) is 72.4 Å². The number of hydrogen-bond donors (Lipinski definition) is 2. The Kier molecular flexibility index (Phi) is 5.39. The van der Waals surface area contributed by atoms with E-state index in [2.05, 4.69) is 10.4 Å². The molecular weight excluding hydrogens is 332 g/mol. The lowest BCUT2D eigenvalue weighted by atomic mass is 10.0. The van der Waals surface area contributed by atoms with E-state index in [1.807, 2.05) is 46.2 Å². The van der Waals surface area contributed by atoms with Crippen LogP contribution in [-0.2, 0) is 10.3 Å². The van der Waals surface area contributed by atoms with E-state index in [9.17, 15) is 9.59 Å². The number of rotatable bonds is 5. The van der Waals surface area contributed by atoms with E-state index < -0.39 is 12.0 Å². The summed E-state index contributed by atoms with van der Waals surface area (Å²) in [5, 5.41) is 17.0. The van der Waals surface area contributed by atoms with Crippen LogP contribution in [0.25, 0.3) is 11.0 Å². The highest BCUT2D eigenvalue weighted by Gasteiger charge is 2.25. The number of fused-ring (bicyclic) bond motifs is 1. The third-order valence-corrected chi connectivity index (χ3v) is 4.16. The van der Waals surface area contributed by atoms with Gasteiger partial charge in [0.25, 0.3) is 5.91 Å². The Morgan fingerprint density at radius 2 is 1.88 bits per heavy atom. The van der Waals surface area contributed by atoms with Crippen molar-refractivity contribution in [3.05, 3.63) is 23.0 Å². The van der Waals surface area contributed by atoms with Gasteiger partial charge in [-0.2, -0.15) is 5.10 Å². The first kappa shape index (κ1) is 19.9. The van der Waals surface area contributed by atoms with Gasteiger partial charge in [0, 0.05) is 11.7 Å². The fourth-order valence-corrected chi connectivity index (χ4v) is 2.87. The first-order valence-electron chi connectivity index (χ1n) is 8.85. The standard InChI is InChI=1S/C19H28N4O3/c1-10(2)14-9-13(18(26)20-11(3)8-15(24)25)16-12(4)22-23(17(16)21-14)19(5,6)7/h9-11H,8H2,1-7H3,(H,20,26)(H,24,25). The highest BCUT2D eigenvalue weighted by atomic mass is 16.4. The molecule has 7 heteroatoms. The number of carbonyl (C=O) groups is 2. The molecule has 0 bridgehead atoms. The summed E-state index contributed by atoms with van der Waals surface area (Å²) in [6.45, 7) is 13.7. The molecule has 2 aromatic rings. The molecule has 1 atom stereocenters. The molecule has 1 amide bonds. The molecule has 0 fully saturated rings. The van der Waals surface area contributed by atoms with Gasteiger partial charge in [-0.05, 0) is 46.6 Å². The summed E-state index contributed by atoms with van der Waals surface area (Å²) in [4.78, 5) is 28.5. The molecular formula is C19H28N4O3. The molecule has 2 aromatic heterocycles. The van der Waals surface area contributed by atoms with Crippen molar-refractivity contribution >= 4 is 22.9 Å². The minimum absolute atomic E-state index is 0.128. The van der Waals surface area contributed by atoms with E-state index in [1.54, 1.807) is 13.0 Å². The molecule has 7 nitrogen and oxygen atoms in total. The molecule has 0 aliphatic carbocycles. The summed E-state index contributed by atoms with van der Waals surface area (Å²) in [7, 11) is 0. The topological polar surface area (TPSA) is 97.1 Å². The Balaban J connectivity index is 2.63. The van der Waals surface area contributed by atoms with E-state index in [0.29, 0.717) is 16.6 Å². The number of aliphatic carboxylic acids is 1. The number of pyridine rings is 1. The first-order valence-corrected chi connectivity index (χ1v) is 8.85. The molecule has 1 unspecified atom stereocenters. The minimum atomic E-state index is -0.947. The van der Waals surface area contributed by atoms with Crippen LogP contribution in [-0.4, -0.2) is 37.8 Å². The lowest BCUT2D eigenvalue weighted by Gasteiger charge is -2.20. The maximum Gasteiger partial charge on any atom is 0.305 e. The molecule has 0 aliphatic heterocycles. The third-order valence-electron chi connectivity index (χ3n) is 4.16. The SMILES string of the molecule is Cc1nn(C(C)(C)C)c2nc(C(C)C)cc(C(=O)NC(C)CC(=O)O)c12. The number of hydrogen-bond acceptors (Lipinski definition) is 4. The van der Waals surface area contributed by atoms with E-state index in [0.717, 1.165) is 11.4 Å². The van der Waals surface area contributed by atoms with Crippen LogP contribution in [0.15, 0.2) is 6.07 Å². The van der Waals surface area contributed by atoms with Crippen molar-refractivity contribution in [2.75, 3.05) is 0 Å². The van der Waals surface area contributed by atoms with Crippen LogP contribution in [0, 0.1) is 6.92 Å². The van der Waals surface area contributed by atoms with Crippen molar-refractivity contribution in [3.63, 3.8) is 0 Å². The average Bonchev–Trinajstić information content (AvgIpc) is 2.82. The highest BCUT2D eigenvalue weighted by Crippen LogP contribution is 2.28. The average molecular weight is 360 g/mol. The van der Waals surface area contributed by atoms with Gasteiger partial charge in [0.1, 0.15) is 0 Å². The van der Waals surface area contributed by atoms with Crippen LogP contribution < -0.4 is 5.32 Å². The van der Waals surface area contributed by atoms with Gasteiger partial charge in [0.15, 0.2) is 5.65 Å². The van der Waals surface area contributed by atoms with E-state index in [1.165, 1.54) is 0 Å². The highest BCUT2D eigenvalue weighted by molar-refractivity contribution is 6.06. The summed E-state index contributed by atoms with van der Waals surface area (Å²) in [6.07, 6.45) is -0.128. The summed E-state index contributed by atoms with van der Waals surface area (Å²) in [6, 6.07) is 1.32. The van der Waals surface area contributed by atoms with Crippen molar-refractivity contribution < 1.29 is 14.7 Å². The van der Waals surface area contributed by atoms with E-state index >= 15 is 0 Å². The Hall–Kier alpha value is -2.44. The van der Waals surface area contributed by atoms with Crippen LogP contribution in [0.3, 0.4) is 0 Å². The second-order valence-electron chi connectivity index (χ2n) is 8.09. The molecule has 26 heavy (non-hydrogen) atoms. The van der Waals surface area contributed by atoms with Gasteiger partial charge in [-0.25, -0.2) is 9.67 Å². The third kappa shape index (κ3) is 4.03. The molecule has 2 rings (SSSR count). The number of carboxylic acid groups (broad SMARTS) is 1. The number of aryl methyl sites for hydroxylation is 1. The Morgan fingerprint density at radius 1 is 1.27 bits per heavy atom. The van der Waals surface area contributed by atoms with Crippen LogP contribution in [0.1, 0.15) is 75.6 Å². The predicted octanol–water partition coefficient (Wildman–Crippen LogP) is 3.21. The van der Waals surface area contributed by atoms with E-state index in [-0.39, 0.29) is 23.8 Å². The quantitative estimate of drug-likeness (QED) is 0.853. The van der Waals surface area contributed by atoms with Gasteiger partial charge in [-0.15, -0.1) is 0 Å². The van der Waals surface area contributed by atoms with Gasteiger partial charge in [0.05, 0.1) is 28.6 Å². The fourth-order valence-electron chi connectivity index (χ4n) is 2.87. The summed E-state index contributed by atoms with van der Waals surface area (Å²) in [5.41, 5.74) is 2.42. The van der Waals surface area contributed by atoms with Gasteiger partial charge in [-0.3, -0.25) is 9.59 Å². The zero-order valence-corrected chi connectivity index (χ0v) is 16.5. The normalized spacial score (nSPS) is 13.2. The first-order chi connectivity index (χ1) is 11.9. The van der Waals surface area contributed by atoms with Crippen LogP contribution >= 0.6 is 0 Å². The van der Waals surface area contributed by atoms with Crippen LogP contribution in [0.5, 0.6) is 0 Å². The molecule has 2 heterocycles. The number of carboxylic acids is 1. The van der Waals surface area contributed by atoms with Crippen molar-refractivity contribution in [1.29, 1.82) is 0 Å². The van der Waals surface area contributed by atoms with Crippen molar-refractivity contribution in [2.24, 2.45) is 0 Å². The lowest BCUT2D eigenvalue weighted by molar-refractivity contribution is -0.137. The predicted molar refractivity (Wildman–Crippen MR) is 101 cm³/mol. The van der Waals surface area contributed by atoms with Gasteiger partial charge in [-0.1, -0.05) is 13.8 Å². The van der Waals surface area contributed by atoms with Gasteiger partial charge in [0.2, 0.25) is 0 Å². The van der Waals surface area contributed by atoms with Gasteiger partial charge >= 0.3 is 5.97 Å². The smallest absolute Gasteiger partial charge is 0.305 e.